The zero-order valence-electron chi connectivity index (χ0n) is 17.6. The number of nitrogens with zero attached hydrogens (tertiary/aromatic N) is 2. The SMILES string of the molecule is CCOC(=O)CN(C)c1c(C(=O)O)c(=O)n(Cc2ccc(OC)cc2)c2ccccc12. The molecule has 31 heavy (non-hydrogen) atoms. The maximum absolute atomic E-state index is 13.3. The van der Waals surface area contributed by atoms with Crippen LogP contribution < -0.4 is 15.2 Å². The van der Waals surface area contributed by atoms with Gasteiger partial charge < -0.3 is 24.0 Å². The lowest BCUT2D eigenvalue weighted by Gasteiger charge is -2.24. The van der Waals surface area contributed by atoms with Crippen LogP contribution in [0.5, 0.6) is 5.75 Å². The molecule has 0 spiro atoms. The Balaban J connectivity index is 2.19. The van der Waals surface area contributed by atoms with E-state index in [2.05, 4.69) is 0 Å². The quantitative estimate of drug-likeness (QED) is 0.555. The van der Waals surface area contributed by atoms with Gasteiger partial charge in [0.15, 0.2) is 0 Å². The third kappa shape index (κ3) is 4.53. The Hall–Kier alpha value is -3.81. The topological polar surface area (TPSA) is 98.1 Å². The molecule has 1 heterocycles. The van der Waals surface area contributed by atoms with Gasteiger partial charge in [-0.2, -0.15) is 0 Å². The Morgan fingerprint density at radius 3 is 2.39 bits per heavy atom. The van der Waals surface area contributed by atoms with E-state index in [1.807, 2.05) is 12.1 Å². The molecule has 8 nitrogen and oxygen atoms in total. The fraction of sp³-hybridized carbons (Fsp3) is 0.261. The van der Waals surface area contributed by atoms with Crippen LogP contribution in [0.4, 0.5) is 5.69 Å². The zero-order chi connectivity index (χ0) is 22.5. The molecule has 8 heteroatoms. The van der Waals surface area contributed by atoms with Gasteiger partial charge in [0.05, 0.1) is 31.5 Å². The Kier molecular flexibility index (Phi) is 6.59. The summed E-state index contributed by atoms with van der Waals surface area (Å²) in [5.41, 5.74) is 0.537. The Bertz CT molecular complexity index is 1170. The normalized spacial score (nSPS) is 10.7. The molecule has 0 aliphatic rings. The Labute approximate surface area is 179 Å². The fourth-order valence-electron chi connectivity index (χ4n) is 3.53. The largest absolute Gasteiger partial charge is 0.497 e. The van der Waals surface area contributed by atoms with Crippen molar-refractivity contribution < 1.29 is 24.2 Å². The van der Waals surface area contributed by atoms with Gasteiger partial charge in [0.2, 0.25) is 0 Å². The number of fused-ring (bicyclic) bond motifs is 1. The minimum Gasteiger partial charge on any atom is -0.497 e. The summed E-state index contributed by atoms with van der Waals surface area (Å²) in [6.45, 7) is 1.91. The van der Waals surface area contributed by atoms with Crippen molar-refractivity contribution in [2.45, 2.75) is 13.5 Å². The molecular formula is C23H24N2O6. The maximum Gasteiger partial charge on any atom is 0.343 e. The van der Waals surface area contributed by atoms with Crippen molar-refractivity contribution in [3.05, 3.63) is 70.0 Å². The number of methoxy groups -OCH3 is 1. The van der Waals surface area contributed by atoms with Gasteiger partial charge in [-0.05, 0) is 30.7 Å². The third-order valence-corrected chi connectivity index (χ3v) is 4.91. The van der Waals surface area contributed by atoms with Gasteiger partial charge >= 0.3 is 11.9 Å². The minimum absolute atomic E-state index is 0.181. The first kappa shape index (κ1) is 21.9. The van der Waals surface area contributed by atoms with Crippen LogP contribution in [0.1, 0.15) is 22.8 Å². The monoisotopic (exact) mass is 424 g/mol. The number of para-hydroxylation sites is 1. The van der Waals surface area contributed by atoms with Crippen LogP contribution in [0.25, 0.3) is 10.9 Å². The molecule has 1 N–H and O–H groups in total. The van der Waals surface area contributed by atoms with Crippen LogP contribution in [0.15, 0.2) is 53.3 Å². The van der Waals surface area contributed by atoms with E-state index in [1.165, 1.54) is 9.47 Å². The summed E-state index contributed by atoms with van der Waals surface area (Å²) in [4.78, 5) is 38.9. The lowest BCUT2D eigenvalue weighted by Crippen LogP contribution is -2.34. The first-order valence-electron chi connectivity index (χ1n) is 9.75. The smallest absolute Gasteiger partial charge is 0.343 e. The molecule has 0 fully saturated rings. The zero-order valence-corrected chi connectivity index (χ0v) is 17.6. The van der Waals surface area contributed by atoms with Crippen LogP contribution >= 0.6 is 0 Å². The van der Waals surface area contributed by atoms with Crippen LogP contribution in [-0.4, -0.2) is 48.9 Å². The number of hydrogen-bond acceptors (Lipinski definition) is 6. The van der Waals surface area contributed by atoms with Crippen molar-refractivity contribution >= 4 is 28.5 Å². The molecule has 3 rings (SSSR count). The van der Waals surface area contributed by atoms with E-state index in [-0.39, 0.29) is 30.9 Å². The van der Waals surface area contributed by atoms with Gasteiger partial charge in [-0.15, -0.1) is 0 Å². The van der Waals surface area contributed by atoms with Crippen LogP contribution in [0.3, 0.4) is 0 Å². The van der Waals surface area contributed by atoms with Gasteiger partial charge in [0.1, 0.15) is 17.9 Å². The number of pyridine rings is 1. The predicted octanol–water partition coefficient (Wildman–Crippen LogP) is 2.76. The highest BCUT2D eigenvalue weighted by atomic mass is 16.5. The minimum atomic E-state index is -1.36. The molecule has 0 unspecified atom stereocenters. The molecule has 0 amide bonds. The molecule has 1 aromatic heterocycles. The van der Waals surface area contributed by atoms with Gasteiger partial charge in [-0.25, -0.2) is 4.79 Å². The average molecular weight is 424 g/mol. The maximum atomic E-state index is 13.3. The summed E-state index contributed by atoms with van der Waals surface area (Å²) in [7, 11) is 3.13. The van der Waals surface area contributed by atoms with Crippen molar-refractivity contribution in [1.82, 2.24) is 4.57 Å². The standard InChI is InChI=1S/C23H24N2O6/c1-4-31-19(26)14-24(2)21-17-7-5-6-8-18(17)25(22(27)20(21)23(28)29)13-15-9-11-16(30-3)12-10-15/h5-12H,4,13-14H2,1-3H3,(H,28,29). The molecule has 0 saturated heterocycles. The van der Waals surface area contributed by atoms with Gasteiger partial charge in [-0.3, -0.25) is 9.59 Å². The van der Waals surface area contributed by atoms with Crippen molar-refractivity contribution in [3.63, 3.8) is 0 Å². The third-order valence-electron chi connectivity index (χ3n) is 4.91. The number of anilines is 1. The molecule has 2 aromatic carbocycles. The van der Waals surface area contributed by atoms with E-state index >= 15 is 0 Å². The average Bonchev–Trinajstić information content (AvgIpc) is 2.75. The van der Waals surface area contributed by atoms with E-state index in [1.54, 1.807) is 57.5 Å². The number of carbonyl (C=O) groups excluding carboxylic acids is 1. The first-order chi connectivity index (χ1) is 14.9. The molecule has 0 bridgehead atoms. The Morgan fingerprint density at radius 1 is 1.10 bits per heavy atom. The number of benzene rings is 2. The van der Waals surface area contributed by atoms with Crippen LogP contribution in [0.2, 0.25) is 0 Å². The molecular weight excluding hydrogens is 400 g/mol. The highest BCUT2D eigenvalue weighted by Crippen LogP contribution is 2.29. The summed E-state index contributed by atoms with van der Waals surface area (Å²) in [5, 5.41) is 10.4. The highest BCUT2D eigenvalue weighted by molar-refractivity contribution is 6.05. The molecule has 3 aromatic rings. The molecule has 0 saturated carbocycles. The number of hydrogen-bond donors (Lipinski definition) is 1. The van der Waals surface area contributed by atoms with Crippen molar-refractivity contribution in [1.29, 1.82) is 0 Å². The number of aromatic carboxylic acids is 1. The number of esters is 1. The summed E-state index contributed by atoms with van der Waals surface area (Å²) in [5.74, 6) is -1.18. The van der Waals surface area contributed by atoms with Crippen LogP contribution in [-0.2, 0) is 16.1 Å². The molecule has 0 atom stereocenters. The summed E-state index contributed by atoms with van der Waals surface area (Å²) in [6, 6.07) is 14.2. The van der Waals surface area contributed by atoms with E-state index in [0.717, 1.165) is 5.56 Å². The van der Waals surface area contributed by atoms with E-state index in [0.29, 0.717) is 16.7 Å². The number of aromatic nitrogens is 1. The Morgan fingerprint density at radius 2 is 1.77 bits per heavy atom. The second-order valence-corrected chi connectivity index (χ2v) is 6.95. The number of ether oxygens (including phenoxy) is 2. The van der Waals surface area contributed by atoms with Crippen molar-refractivity contribution in [2.75, 3.05) is 32.2 Å². The lowest BCUT2D eigenvalue weighted by atomic mass is 10.1. The fourth-order valence-corrected chi connectivity index (χ4v) is 3.53. The number of carboxylic acid groups (broad SMARTS) is 1. The number of rotatable bonds is 8. The van der Waals surface area contributed by atoms with Gasteiger partial charge in [0.25, 0.3) is 5.56 Å². The highest BCUT2D eigenvalue weighted by Gasteiger charge is 2.25. The van der Waals surface area contributed by atoms with Crippen molar-refractivity contribution in [3.8, 4) is 5.75 Å². The number of carbonyl (C=O) groups is 2. The number of likely N-dealkylation sites (N-methyl/N-ethyl adjacent to an activating group) is 1. The van der Waals surface area contributed by atoms with E-state index in [9.17, 15) is 19.5 Å². The summed E-state index contributed by atoms with van der Waals surface area (Å²) >= 11 is 0. The molecule has 0 aliphatic carbocycles. The second-order valence-electron chi connectivity index (χ2n) is 6.95. The molecule has 0 aliphatic heterocycles. The lowest BCUT2D eigenvalue weighted by molar-refractivity contribution is -0.141. The van der Waals surface area contributed by atoms with E-state index in [4.69, 9.17) is 9.47 Å². The summed E-state index contributed by atoms with van der Waals surface area (Å²) < 4.78 is 11.6. The van der Waals surface area contributed by atoms with Crippen LogP contribution in [0, 0.1) is 0 Å². The van der Waals surface area contributed by atoms with E-state index < -0.39 is 17.5 Å². The predicted molar refractivity (Wildman–Crippen MR) is 117 cm³/mol. The summed E-state index contributed by atoms with van der Waals surface area (Å²) in [6.07, 6.45) is 0. The van der Waals surface area contributed by atoms with Gasteiger partial charge in [0, 0.05) is 12.4 Å². The first-order valence-corrected chi connectivity index (χ1v) is 9.75. The van der Waals surface area contributed by atoms with Crippen molar-refractivity contribution in [2.24, 2.45) is 0 Å². The van der Waals surface area contributed by atoms with Gasteiger partial charge in [-0.1, -0.05) is 30.3 Å². The molecule has 162 valence electrons. The molecule has 0 radical (unpaired) electrons. The number of carboxylic acids is 1. The second kappa shape index (κ2) is 9.34.